The smallest absolute Gasteiger partial charge is 0.235 e. The van der Waals surface area contributed by atoms with Gasteiger partial charge in [0, 0.05) is 16.4 Å². The van der Waals surface area contributed by atoms with Gasteiger partial charge in [-0.2, -0.15) is 0 Å². The van der Waals surface area contributed by atoms with Crippen molar-refractivity contribution in [2.75, 3.05) is 12.3 Å². The molecule has 0 unspecified atom stereocenters. The molecular formula is C21H23BrFNO3S. The molecule has 1 fully saturated rings. The van der Waals surface area contributed by atoms with Gasteiger partial charge in [0.05, 0.1) is 5.75 Å². The molecule has 1 aliphatic rings. The van der Waals surface area contributed by atoms with Gasteiger partial charge < -0.3 is 5.32 Å². The number of carbonyl (C=O) groups is 1. The van der Waals surface area contributed by atoms with Crippen LogP contribution in [0.2, 0.25) is 0 Å². The maximum Gasteiger partial charge on any atom is 0.235 e. The van der Waals surface area contributed by atoms with Crippen LogP contribution >= 0.6 is 15.9 Å². The van der Waals surface area contributed by atoms with Crippen molar-refractivity contribution in [1.82, 2.24) is 5.32 Å². The average Bonchev–Trinajstić information content (AvgIpc) is 3.12. The molecule has 0 aliphatic heterocycles. The van der Waals surface area contributed by atoms with Crippen molar-refractivity contribution in [3.63, 3.8) is 0 Å². The molecule has 1 N–H and O–H groups in total. The summed E-state index contributed by atoms with van der Waals surface area (Å²) < 4.78 is 38.9. The fourth-order valence-corrected chi connectivity index (χ4v) is 5.40. The van der Waals surface area contributed by atoms with Crippen molar-refractivity contribution in [3.05, 3.63) is 69.9 Å². The molecule has 7 heteroatoms. The zero-order valence-corrected chi connectivity index (χ0v) is 17.9. The molecule has 0 saturated heterocycles. The van der Waals surface area contributed by atoms with Crippen molar-refractivity contribution in [1.29, 1.82) is 0 Å². The van der Waals surface area contributed by atoms with Crippen molar-refractivity contribution in [2.24, 2.45) is 0 Å². The minimum absolute atomic E-state index is 0.170. The molecular weight excluding hydrogens is 445 g/mol. The number of benzene rings is 2. The van der Waals surface area contributed by atoms with Gasteiger partial charge in [0.25, 0.3) is 0 Å². The van der Waals surface area contributed by atoms with Crippen LogP contribution in [0.3, 0.4) is 0 Å². The third kappa shape index (κ3) is 5.41. The Kier molecular flexibility index (Phi) is 6.55. The van der Waals surface area contributed by atoms with Gasteiger partial charge in [-0.1, -0.05) is 53.0 Å². The molecule has 1 saturated carbocycles. The van der Waals surface area contributed by atoms with Gasteiger partial charge in [0.2, 0.25) is 5.91 Å². The molecule has 150 valence electrons. The van der Waals surface area contributed by atoms with Gasteiger partial charge in [-0.25, -0.2) is 12.8 Å². The normalized spacial score (nSPS) is 16.1. The van der Waals surface area contributed by atoms with E-state index >= 15 is 0 Å². The summed E-state index contributed by atoms with van der Waals surface area (Å²) in [5, 5.41) is 2.81. The standard InChI is InChI=1S/C21H23BrFNO3S/c22-18-7-3-16(4-8-18)13-28(26,27)14-20(25)24-15-21(11-1-2-12-21)17-5-9-19(23)10-6-17/h3-10H,1-2,11-15H2,(H,24,25). The lowest BCUT2D eigenvalue weighted by Gasteiger charge is -2.30. The number of hydrogen-bond acceptors (Lipinski definition) is 3. The highest BCUT2D eigenvalue weighted by molar-refractivity contribution is 9.10. The predicted molar refractivity (Wildman–Crippen MR) is 111 cm³/mol. The summed E-state index contributed by atoms with van der Waals surface area (Å²) >= 11 is 3.31. The largest absolute Gasteiger partial charge is 0.354 e. The molecule has 1 aliphatic carbocycles. The van der Waals surface area contributed by atoms with E-state index in [0.29, 0.717) is 12.1 Å². The number of halogens is 2. The van der Waals surface area contributed by atoms with Crippen molar-refractivity contribution < 1.29 is 17.6 Å². The Hall–Kier alpha value is -1.73. The number of nitrogens with one attached hydrogen (secondary N) is 1. The molecule has 0 radical (unpaired) electrons. The Bertz CT molecular complexity index is 921. The Labute approximate surface area is 173 Å². The first-order valence-corrected chi connectivity index (χ1v) is 11.9. The summed E-state index contributed by atoms with van der Waals surface area (Å²) in [4.78, 5) is 12.3. The monoisotopic (exact) mass is 467 g/mol. The number of hydrogen-bond donors (Lipinski definition) is 1. The molecule has 4 nitrogen and oxygen atoms in total. The van der Waals surface area contributed by atoms with Gasteiger partial charge in [-0.05, 0) is 48.2 Å². The molecule has 0 aromatic heterocycles. The lowest BCUT2D eigenvalue weighted by Crippen LogP contribution is -2.41. The van der Waals surface area contributed by atoms with E-state index in [9.17, 15) is 17.6 Å². The van der Waals surface area contributed by atoms with Crippen molar-refractivity contribution in [2.45, 2.75) is 36.9 Å². The first-order chi connectivity index (χ1) is 13.3. The van der Waals surface area contributed by atoms with E-state index in [0.717, 1.165) is 35.7 Å². The molecule has 1 amide bonds. The molecule has 0 spiro atoms. The minimum atomic E-state index is -3.56. The quantitative estimate of drug-likeness (QED) is 0.665. The zero-order chi connectivity index (χ0) is 20.2. The van der Waals surface area contributed by atoms with Gasteiger partial charge >= 0.3 is 0 Å². The van der Waals surface area contributed by atoms with Gasteiger partial charge in [-0.3, -0.25) is 4.79 Å². The van der Waals surface area contributed by atoms with Crippen LogP contribution in [0, 0.1) is 5.82 Å². The first-order valence-electron chi connectivity index (χ1n) is 9.26. The molecule has 2 aromatic carbocycles. The third-order valence-corrected chi connectivity index (χ3v) is 7.30. The number of sulfone groups is 1. The number of rotatable bonds is 7. The molecule has 3 rings (SSSR count). The summed E-state index contributed by atoms with van der Waals surface area (Å²) in [7, 11) is -3.56. The SMILES string of the molecule is O=C(CS(=O)(=O)Cc1ccc(Br)cc1)NCC1(c2ccc(F)cc2)CCCC1. The zero-order valence-electron chi connectivity index (χ0n) is 15.5. The van der Waals surface area contributed by atoms with E-state index in [1.807, 2.05) is 0 Å². The van der Waals surface area contributed by atoms with E-state index in [4.69, 9.17) is 0 Å². The second kappa shape index (κ2) is 8.74. The fourth-order valence-electron chi connectivity index (χ4n) is 3.83. The second-order valence-corrected chi connectivity index (χ2v) is 10.4. The Morgan fingerprint density at radius 1 is 1.04 bits per heavy atom. The summed E-state index contributed by atoms with van der Waals surface area (Å²) in [5.41, 5.74) is 1.39. The Morgan fingerprint density at radius 3 is 2.25 bits per heavy atom. The van der Waals surface area contributed by atoms with Crippen LogP contribution in [0.25, 0.3) is 0 Å². The number of carbonyl (C=O) groups excluding carboxylic acids is 1. The summed E-state index contributed by atoms with van der Waals surface area (Å²) in [6.45, 7) is 0.366. The lowest BCUT2D eigenvalue weighted by molar-refractivity contribution is -0.118. The Balaban J connectivity index is 1.61. The van der Waals surface area contributed by atoms with E-state index in [-0.39, 0.29) is 17.0 Å². The summed E-state index contributed by atoms with van der Waals surface area (Å²) in [6, 6.07) is 13.4. The minimum Gasteiger partial charge on any atom is -0.354 e. The van der Waals surface area contributed by atoms with Crippen LogP contribution in [0.15, 0.2) is 53.0 Å². The van der Waals surface area contributed by atoms with Gasteiger partial charge in [0.15, 0.2) is 9.84 Å². The van der Waals surface area contributed by atoms with E-state index in [2.05, 4.69) is 21.2 Å². The van der Waals surface area contributed by atoms with E-state index in [1.165, 1.54) is 12.1 Å². The van der Waals surface area contributed by atoms with Crippen LogP contribution in [0.5, 0.6) is 0 Å². The highest BCUT2D eigenvalue weighted by Gasteiger charge is 2.36. The van der Waals surface area contributed by atoms with Crippen LogP contribution < -0.4 is 5.32 Å². The van der Waals surface area contributed by atoms with Crippen LogP contribution in [-0.2, 0) is 25.8 Å². The third-order valence-electron chi connectivity index (χ3n) is 5.29. The summed E-state index contributed by atoms with van der Waals surface area (Å²) in [5.74, 6) is -1.50. The second-order valence-electron chi connectivity index (χ2n) is 7.43. The van der Waals surface area contributed by atoms with Crippen molar-refractivity contribution in [3.8, 4) is 0 Å². The van der Waals surface area contributed by atoms with Crippen molar-refractivity contribution >= 4 is 31.7 Å². The molecule has 0 atom stereocenters. The molecule has 28 heavy (non-hydrogen) atoms. The highest BCUT2D eigenvalue weighted by Crippen LogP contribution is 2.40. The fraction of sp³-hybridized carbons (Fsp3) is 0.381. The van der Waals surface area contributed by atoms with Crippen LogP contribution in [-0.4, -0.2) is 26.6 Å². The van der Waals surface area contributed by atoms with Gasteiger partial charge in [-0.15, -0.1) is 0 Å². The van der Waals surface area contributed by atoms with Crippen LogP contribution in [0.1, 0.15) is 36.8 Å². The molecule has 0 bridgehead atoms. The number of amides is 1. The summed E-state index contributed by atoms with van der Waals surface area (Å²) in [6.07, 6.45) is 3.86. The predicted octanol–water partition coefficient (Wildman–Crippen LogP) is 4.13. The van der Waals surface area contributed by atoms with E-state index in [1.54, 1.807) is 36.4 Å². The lowest BCUT2D eigenvalue weighted by atomic mass is 9.79. The van der Waals surface area contributed by atoms with Crippen LogP contribution in [0.4, 0.5) is 4.39 Å². The Morgan fingerprint density at radius 2 is 1.64 bits per heavy atom. The topological polar surface area (TPSA) is 63.2 Å². The maximum atomic E-state index is 13.3. The highest BCUT2D eigenvalue weighted by atomic mass is 79.9. The first kappa shape index (κ1) is 21.0. The molecule has 2 aromatic rings. The average molecular weight is 468 g/mol. The molecule has 0 heterocycles. The van der Waals surface area contributed by atoms with E-state index < -0.39 is 21.5 Å². The maximum absolute atomic E-state index is 13.3. The van der Waals surface area contributed by atoms with Gasteiger partial charge in [0.1, 0.15) is 11.6 Å².